The number of benzene rings is 1. The second-order valence-corrected chi connectivity index (χ2v) is 17.3. The Morgan fingerprint density at radius 1 is 1.10 bits per heavy atom. The zero-order chi connectivity index (χ0) is 34.9. The van der Waals surface area contributed by atoms with Crippen LogP contribution in [0.25, 0.3) is 0 Å². The standard InChI is InChI=1S/C39H55ClN6O3S/c1-3-33(47)46-23-22-45(24-29(46)18-20-41)39(28-13-7-5-4-6-8-14-28)32-17-19-38(35(40)31-16-10-9-12-27(31)26-50-38)36(48)34(32)42-37(43-39)49-25-30-15-11-21-44(30)2/h3,9-10,12,16,28-30,32,34-35,37,42-43H,1,4-8,11,13-15,17-19,21-26H2,2H3/t29?,30?,32?,34?,35?,37?,38-,39?/m0/s1. The molecule has 9 nitrogen and oxygen atoms in total. The summed E-state index contributed by atoms with van der Waals surface area (Å²) in [4.78, 5) is 35.1. The zero-order valence-corrected chi connectivity index (χ0v) is 31.2. The number of nitrogens with one attached hydrogen (secondary N) is 2. The van der Waals surface area contributed by atoms with E-state index in [1.165, 1.54) is 30.9 Å². The number of likely N-dealkylation sites (N-methyl/N-ethyl adjacent to an activating group) is 1. The molecule has 2 N–H and O–H groups in total. The summed E-state index contributed by atoms with van der Waals surface area (Å²) in [6.45, 7) is 7.16. The maximum Gasteiger partial charge on any atom is 0.246 e. The first kappa shape index (κ1) is 36.4. The number of carbonyl (C=O) groups is 2. The molecule has 8 atom stereocenters. The molecule has 4 aliphatic heterocycles. The Kier molecular flexibility index (Phi) is 11.3. The van der Waals surface area contributed by atoms with Crippen LogP contribution in [0.2, 0.25) is 0 Å². The quantitative estimate of drug-likeness (QED) is 0.277. The highest BCUT2D eigenvalue weighted by atomic mass is 35.5. The molecule has 1 spiro atoms. The number of likely N-dealkylation sites (tertiary alicyclic amines) is 1. The van der Waals surface area contributed by atoms with Crippen LogP contribution in [-0.4, -0.2) is 101 Å². The topological polar surface area (TPSA) is 101 Å². The number of alkyl halides is 1. The van der Waals surface area contributed by atoms with Crippen molar-refractivity contribution in [2.45, 2.75) is 123 Å². The number of fused-ring (bicyclic) bond motifs is 2. The van der Waals surface area contributed by atoms with Gasteiger partial charge in [-0.3, -0.25) is 25.1 Å². The lowest BCUT2D eigenvalue weighted by molar-refractivity contribution is -0.184. The van der Waals surface area contributed by atoms with E-state index in [-0.39, 0.29) is 36.0 Å². The average molecular weight is 723 g/mol. The molecule has 0 aromatic heterocycles. The maximum absolute atomic E-state index is 15.4. The van der Waals surface area contributed by atoms with Crippen LogP contribution in [0.15, 0.2) is 36.9 Å². The smallest absolute Gasteiger partial charge is 0.246 e. The van der Waals surface area contributed by atoms with Crippen LogP contribution < -0.4 is 10.6 Å². The SMILES string of the molecule is C=CC(=O)N1CCN(C2(C3CCCCCCC3)NC(OCC3CCCN3C)NC3C(=O)[C@@]4(CCC32)SCc2ccccc2C4Cl)CC1CC#N. The molecule has 50 heavy (non-hydrogen) atoms. The predicted molar refractivity (Wildman–Crippen MR) is 198 cm³/mol. The highest BCUT2D eigenvalue weighted by Gasteiger charge is 2.64. The fourth-order valence-electron chi connectivity index (χ4n) is 10.4. The number of thioether (sulfide) groups is 1. The van der Waals surface area contributed by atoms with Gasteiger partial charge in [0, 0.05) is 37.3 Å². The Morgan fingerprint density at radius 3 is 2.62 bits per heavy atom. The summed E-state index contributed by atoms with van der Waals surface area (Å²) in [5.41, 5.74) is 1.75. The fraction of sp³-hybridized carbons (Fsp3) is 0.718. The number of halogens is 1. The molecule has 6 aliphatic rings. The van der Waals surface area contributed by atoms with Gasteiger partial charge in [-0.05, 0) is 75.2 Å². The third kappa shape index (κ3) is 6.59. The van der Waals surface area contributed by atoms with E-state index in [0.29, 0.717) is 38.7 Å². The first-order chi connectivity index (χ1) is 24.3. The normalized spacial score (nSPS) is 37.4. The summed E-state index contributed by atoms with van der Waals surface area (Å²) < 4.78 is 6.11. The average Bonchev–Trinajstić information content (AvgIpc) is 3.54. The molecular weight excluding hydrogens is 668 g/mol. The van der Waals surface area contributed by atoms with E-state index < -0.39 is 28.2 Å². The zero-order valence-electron chi connectivity index (χ0n) is 29.7. The first-order valence-electron chi connectivity index (χ1n) is 19.1. The number of ether oxygens (including phenoxy) is 1. The number of hydrogen-bond acceptors (Lipinski definition) is 9. The van der Waals surface area contributed by atoms with Gasteiger partial charge in [0.05, 0.1) is 47.0 Å². The van der Waals surface area contributed by atoms with Crippen LogP contribution in [0.1, 0.15) is 93.6 Å². The van der Waals surface area contributed by atoms with Crippen LogP contribution in [0.5, 0.6) is 0 Å². The van der Waals surface area contributed by atoms with Crippen molar-refractivity contribution in [2.75, 3.05) is 39.8 Å². The lowest BCUT2D eigenvalue weighted by atomic mass is 9.62. The monoisotopic (exact) mass is 722 g/mol. The molecule has 1 aromatic rings. The van der Waals surface area contributed by atoms with Crippen molar-refractivity contribution in [1.82, 2.24) is 25.3 Å². The number of ketones is 1. The van der Waals surface area contributed by atoms with Gasteiger partial charge in [0.2, 0.25) is 5.91 Å². The Hall–Kier alpha value is -1.97. The highest BCUT2D eigenvalue weighted by molar-refractivity contribution is 8.00. The van der Waals surface area contributed by atoms with E-state index in [9.17, 15) is 10.1 Å². The number of nitriles is 1. The van der Waals surface area contributed by atoms with Crippen LogP contribution in [-0.2, 0) is 20.1 Å². The van der Waals surface area contributed by atoms with Crippen molar-refractivity contribution in [2.24, 2.45) is 11.8 Å². The molecule has 2 saturated carbocycles. The van der Waals surface area contributed by atoms with Crippen molar-refractivity contribution in [3.05, 3.63) is 48.0 Å². The minimum absolute atomic E-state index is 0.0231. The van der Waals surface area contributed by atoms with Gasteiger partial charge in [0.15, 0.2) is 12.1 Å². The third-order valence-corrected chi connectivity index (χ3v) is 15.4. The molecule has 4 heterocycles. The highest BCUT2D eigenvalue weighted by Crippen LogP contribution is 2.58. The minimum atomic E-state index is -0.720. The summed E-state index contributed by atoms with van der Waals surface area (Å²) in [7, 11) is 2.17. The number of Topliss-reactive ketones (excluding diaryl/α,β-unsaturated/α-hetero) is 1. The largest absolute Gasteiger partial charge is 0.348 e. The van der Waals surface area contributed by atoms with Crippen LogP contribution >= 0.6 is 23.4 Å². The molecule has 3 saturated heterocycles. The van der Waals surface area contributed by atoms with Gasteiger partial charge in [-0.1, -0.05) is 62.9 Å². The molecule has 7 unspecified atom stereocenters. The van der Waals surface area contributed by atoms with Crippen molar-refractivity contribution >= 4 is 35.1 Å². The summed E-state index contributed by atoms with van der Waals surface area (Å²) >= 11 is 9.16. The Labute approximate surface area is 307 Å². The summed E-state index contributed by atoms with van der Waals surface area (Å²) in [6.07, 6.45) is 13.1. The Balaban J connectivity index is 1.29. The molecule has 5 fully saturated rings. The van der Waals surface area contributed by atoms with E-state index in [4.69, 9.17) is 16.3 Å². The molecule has 0 radical (unpaired) electrons. The Morgan fingerprint density at radius 2 is 1.88 bits per heavy atom. The fourth-order valence-corrected chi connectivity index (χ4v) is 12.5. The lowest BCUT2D eigenvalue weighted by Crippen LogP contribution is -2.83. The molecular formula is C39H55ClN6O3S. The third-order valence-electron chi connectivity index (χ3n) is 13.1. The summed E-state index contributed by atoms with van der Waals surface area (Å²) in [6, 6.07) is 10.4. The van der Waals surface area contributed by atoms with Gasteiger partial charge in [0.1, 0.15) is 0 Å². The first-order valence-corrected chi connectivity index (χ1v) is 20.6. The van der Waals surface area contributed by atoms with Crippen molar-refractivity contribution in [3.63, 3.8) is 0 Å². The summed E-state index contributed by atoms with van der Waals surface area (Å²) in [5, 5.41) is 17.4. The number of amides is 1. The number of carbonyl (C=O) groups excluding carboxylic acids is 2. The lowest BCUT2D eigenvalue weighted by Gasteiger charge is -2.64. The molecule has 2 aliphatic carbocycles. The van der Waals surface area contributed by atoms with E-state index in [1.807, 2.05) is 11.0 Å². The minimum Gasteiger partial charge on any atom is -0.348 e. The van der Waals surface area contributed by atoms with Gasteiger partial charge in [-0.15, -0.1) is 23.4 Å². The molecule has 1 amide bonds. The molecule has 0 bridgehead atoms. The number of nitrogens with zero attached hydrogens (tertiary/aromatic N) is 4. The number of hydrogen-bond donors (Lipinski definition) is 2. The van der Waals surface area contributed by atoms with E-state index in [0.717, 1.165) is 62.8 Å². The molecule has 7 rings (SSSR count). The second kappa shape index (κ2) is 15.6. The van der Waals surface area contributed by atoms with Crippen molar-refractivity contribution in [1.29, 1.82) is 5.26 Å². The maximum atomic E-state index is 15.4. The van der Waals surface area contributed by atoms with E-state index in [1.54, 1.807) is 11.8 Å². The summed E-state index contributed by atoms with van der Waals surface area (Å²) in [5.74, 6) is 1.11. The van der Waals surface area contributed by atoms with Gasteiger partial charge in [-0.2, -0.15) is 5.26 Å². The number of rotatable bonds is 7. The molecule has 1 aromatic carbocycles. The van der Waals surface area contributed by atoms with E-state index in [2.05, 4.69) is 58.3 Å². The molecule has 11 heteroatoms. The van der Waals surface area contributed by atoms with Crippen molar-refractivity contribution < 1.29 is 14.3 Å². The van der Waals surface area contributed by atoms with Gasteiger partial charge >= 0.3 is 0 Å². The van der Waals surface area contributed by atoms with Crippen molar-refractivity contribution in [3.8, 4) is 6.07 Å². The van der Waals surface area contributed by atoms with Gasteiger partial charge in [-0.25, -0.2) is 0 Å². The van der Waals surface area contributed by atoms with Crippen LogP contribution in [0.4, 0.5) is 0 Å². The predicted octanol–water partition coefficient (Wildman–Crippen LogP) is 5.56. The van der Waals surface area contributed by atoms with Crippen LogP contribution in [0, 0.1) is 23.2 Å². The van der Waals surface area contributed by atoms with Crippen LogP contribution in [0.3, 0.4) is 0 Å². The number of piperazine rings is 1. The van der Waals surface area contributed by atoms with Gasteiger partial charge in [0.25, 0.3) is 0 Å². The van der Waals surface area contributed by atoms with E-state index >= 15 is 4.79 Å². The second-order valence-electron chi connectivity index (χ2n) is 15.6. The Bertz CT molecular complexity index is 1450. The van der Waals surface area contributed by atoms with Gasteiger partial charge < -0.3 is 14.5 Å². The molecule has 272 valence electrons.